The molecular weight excluding hydrogens is 597 g/mol. The molecule has 42 heavy (non-hydrogen) atoms. The summed E-state index contributed by atoms with van der Waals surface area (Å²) >= 11 is 0. The maximum atomic E-state index is 13.6. The molecule has 0 saturated carbocycles. The molecule has 0 N–H and O–H groups in total. The van der Waals surface area contributed by atoms with E-state index in [1.807, 2.05) is 85.3 Å². The van der Waals surface area contributed by atoms with E-state index in [9.17, 15) is 21.6 Å². The predicted octanol–water partition coefficient (Wildman–Crippen LogP) is 4.67. The maximum Gasteiger partial charge on any atom is 0.485 e. The van der Waals surface area contributed by atoms with Crippen molar-refractivity contribution in [2.45, 2.75) is 42.6 Å². The molecule has 1 aromatic heterocycles. The van der Waals surface area contributed by atoms with Crippen molar-refractivity contribution in [3.05, 3.63) is 108 Å². The third kappa shape index (κ3) is 6.73. The monoisotopic (exact) mass is 624 g/mol. The molecule has 0 bridgehead atoms. The second kappa shape index (κ2) is 12.4. The van der Waals surface area contributed by atoms with E-state index in [1.165, 1.54) is 4.31 Å². The van der Waals surface area contributed by atoms with E-state index in [0.29, 0.717) is 18.3 Å². The van der Waals surface area contributed by atoms with Crippen LogP contribution in [0.15, 0.2) is 100 Å². The summed E-state index contributed by atoms with van der Waals surface area (Å²) in [5.41, 5.74) is -2.92. The number of fused-ring (bicyclic) bond motifs is 1. The van der Waals surface area contributed by atoms with Gasteiger partial charge in [0.05, 0.1) is 23.1 Å². The fraction of sp³-hybridized carbons (Fsp3) is 0.250. The summed E-state index contributed by atoms with van der Waals surface area (Å²) in [5.74, 6) is 1.34. The molecule has 224 valence electrons. The Morgan fingerprint density at radius 2 is 1.43 bits per heavy atom. The molecule has 4 aromatic rings. The summed E-state index contributed by atoms with van der Waals surface area (Å²) in [4.78, 5) is 0.265. The van der Waals surface area contributed by atoms with Gasteiger partial charge in [-0.3, -0.25) is 0 Å². The first-order valence-electron chi connectivity index (χ1n) is 12.5. The quantitative estimate of drug-likeness (QED) is 0.174. The van der Waals surface area contributed by atoms with Gasteiger partial charge < -0.3 is 13.7 Å². The van der Waals surface area contributed by atoms with Crippen LogP contribution < -0.4 is 4.57 Å². The molecule has 2 atom stereocenters. The molecule has 0 unspecified atom stereocenters. The van der Waals surface area contributed by atoms with Crippen LogP contribution in [-0.4, -0.2) is 37.2 Å². The van der Waals surface area contributed by atoms with E-state index < -0.39 is 37.8 Å². The molecule has 2 heterocycles. The largest absolute Gasteiger partial charge is 0.741 e. The number of rotatable bonds is 6. The van der Waals surface area contributed by atoms with Crippen molar-refractivity contribution in [3.63, 3.8) is 0 Å². The number of hydrogen-bond donors (Lipinski definition) is 0. The number of hydrogen-bond acceptors (Lipinski definition) is 7. The van der Waals surface area contributed by atoms with Crippen LogP contribution in [0.1, 0.15) is 30.0 Å². The zero-order valence-electron chi connectivity index (χ0n) is 22.4. The number of halogens is 3. The molecule has 1 aliphatic rings. The lowest BCUT2D eigenvalue weighted by atomic mass is 10.0. The van der Waals surface area contributed by atoms with Crippen LogP contribution in [0, 0.1) is 0 Å². The van der Waals surface area contributed by atoms with Crippen molar-refractivity contribution in [3.8, 4) is 11.5 Å². The molecule has 0 radical (unpaired) electrons. The van der Waals surface area contributed by atoms with Crippen LogP contribution in [0.5, 0.6) is 0 Å². The van der Waals surface area contributed by atoms with E-state index in [1.54, 1.807) is 24.3 Å². The summed E-state index contributed by atoms with van der Waals surface area (Å²) in [6.45, 7) is 2.43. The minimum atomic E-state index is -6.09. The predicted molar refractivity (Wildman–Crippen MR) is 144 cm³/mol. The van der Waals surface area contributed by atoms with Crippen LogP contribution in [0.3, 0.4) is 0 Å². The number of alkyl halides is 3. The lowest BCUT2D eigenvalue weighted by molar-refractivity contribution is -0.671. The highest BCUT2D eigenvalue weighted by Crippen LogP contribution is 2.39. The van der Waals surface area contributed by atoms with Gasteiger partial charge in [-0.05, 0) is 36.8 Å². The van der Waals surface area contributed by atoms with E-state index >= 15 is 0 Å². The Kier molecular flexibility index (Phi) is 9.23. The van der Waals surface area contributed by atoms with Crippen molar-refractivity contribution in [1.82, 2.24) is 4.31 Å². The number of ether oxygens (including phenoxy) is 1. The Labute approximate surface area is 241 Å². The first-order chi connectivity index (χ1) is 19.7. The van der Waals surface area contributed by atoms with E-state index in [-0.39, 0.29) is 11.4 Å². The van der Waals surface area contributed by atoms with Crippen LogP contribution in [0.4, 0.5) is 13.2 Å². The maximum absolute atomic E-state index is 13.6. The van der Waals surface area contributed by atoms with Crippen molar-refractivity contribution in [1.29, 1.82) is 0 Å². The number of benzene rings is 3. The highest BCUT2D eigenvalue weighted by molar-refractivity contribution is 7.89. The van der Waals surface area contributed by atoms with Gasteiger partial charge in [-0.15, -0.1) is 0 Å². The molecule has 9 nitrogen and oxygen atoms in total. The zero-order valence-corrected chi connectivity index (χ0v) is 24.1. The average Bonchev–Trinajstić information content (AvgIpc) is 3.28. The Morgan fingerprint density at radius 1 is 0.929 bits per heavy atom. The topological polar surface area (TPSA) is 121 Å². The van der Waals surface area contributed by atoms with Gasteiger partial charge in [0.1, 0.15) is 19.7 Å². The van der Waals surface area contributed by atoms with Crippen molar-refractivity contribution in [2.75, 3.05) is 0 Å². The van der Waals surface area contributed by atoms with Crippen molar-refractivity contribution >= 4 is 20.1 Å². The second-order valence-electron chi connectivity index (χ2n) is 9.36. The summed E-state index contributed by atoms with van der Waals surface area (Å²) in [7, 11) is -7.93. The van der Waals surface area contributed by atoms with E-state index in [0.717, 1.165) is 16.8 Å². The molecule has 1 aliphatic heterocycles. The Morgan fingerprint density at radius 3 is 1.95 bits per heavy atom. The zero-order chi connectivity index (χ0) is 30.7. The van der Waals surface area contributed by atoms with Crippen LogP contribution in [0.25, 0.3) is 11.5 Å². The normalized spacial score (nSPS) is 17.7. The van der Waals surface area contributed by atoms with Gasteiger partial charge in [-0.25, -0.2) is 16.8 Å². The fourth-order valence-electron chi connectivity index (χ4n) is 4.43. The van der Waals surface area contributed by atoms with Gasteiger partial charge in [-0.1, -0.05) is 66.7 Å². The Hall–Kier alpha value is -3.56. The van der Waals surface area contributed by atoms with Gasteiger partial charge >= 0.3 is 11.4 Å². The molecule has 3 aromatic carbocycles. The lowest BCUT2D eigenvalue weighted by Gasteiger charge is -2.35. The van der Waals surface area contributed by atoms with Crippen LogP contribution in [-0.2, 0) is 45.1 Å². The van der Waals surface area contributed by atoms with Crippen molar-refractivity contribution in [2.24, 2.45) is 7.05 Å². The second-order valence-corrected chi connectivity index (χ2v) is 12.6. The first-order valence-corrected chi connectivity index (χ1v) is 15.4. The molecule has 0 amide bonds. The van der Waals surface area contributed by atoms with Gasteiger partial charge in [0.25, 0.3) is 0 Å². The number of nitrogens with zero attached hydrogens (tertiary/aromatic N) is 2. The summed E-state index contributed by atoms with van der Waals surface area (Å²) < 4.78 is 102. The van der Waals surface area contributed by atoms with Gasteiger partial charge in [0.2, 0.25) is 21.5 Å². The summed E-state index contributed by atoms with van der Waals surface area (Å²) in [5, 5.41) is 0. The number of sulfonamides is 1. The minimum Gasteiger partial charge on any atom is -0.741 e. The van der Waals surface area contributed by atoms with Gasteiger partial charge in [0.15, 0.2) is 10.1 Å². The first kappa shape index (κ1) is 31.4. The molecule has 0 spiro atoms. The summed E-state index contributed by atoms with van der Waals surface area (Å²) in [6, 6.07) is 27.7. The Bertz CT molecular complexity index is 1710. The molecule has 0 aliphatic carbocycles. The third-order valence-electron chi connectivity index (χ3n) is 6.58. The number of oxazole rings is 1. The molecule has 5 rings (SSSR count). The number of aromatic nitrogens is 1. The van der Waals surface area contributed by atoms with Gasteiger partial charge in [0, 0.05) is 0 Å². The van der Waals surface area contributed by atoms with E-state index in [4.69, 9.17) is 22.1 Å². The lowest BCUT2D eigenvalue weighted by Crippen LogP contribution is -2.49. The third-order valence-corrected chi connectivity index (χ3v) is 9.10. The Balaban J connectivity index is 0.000000446. The SMILES string of the molecule is C[C@H]1[C@@H](OCc2ccccc2)c2oc(-c3ccccc3)[n+](C)c2CN1S(=O)(=O)c1ccccc1.O=S(=O)([O-])C(F)(F)F. The van der Waals surface area contributed by atoms with Gasteiger partial charge in [-0.2, -0.15) is 22.0 Å². The average molecular weight is 625 g/mol. The fourth-order valence-corrected chi connectivity index (χ4v) is 6.04. The van der Waals surface area contributed by atoms with E-state index in [2.05, 4.69) is 0 Å². The highest BCUT2D eigenvalue weighted by atomic mass is 32.2. The van der Waals surface area contributed by atoms with Crippen LogP contribution in [0.2, 0.25) is 0 Å². The standard InChI is InChI=1S/C27H27N2O4S.CHF3O3S/c1-20-25(32-19-21-12-6-3-7-13-21)26-24(28(2)27(33-26)22-14-8-4-9-15-22)18-29(20)34(30,31)23-16-10-5-11-17-23;2-1(3,4)8(5,6)7/h3-17,20,25H,18-19H2,1-2H3;(H,5,6,7)/q+1;/p-1/t20-,25+;/m0./s1. The molecule has 14 heteroatoms. The van der Waals surface area contributed by atoms with Crippen molar-refractivity contribution < 1.29 is 48.3 Å². The molecule has 0 saturated heterocycles. The molecule has 0 fully saturated rings. The van der Waals surface area contributed by atoms with Crippen LogP contribution >= 0.6 is 0 Å². The summed E-state index contributed by atoms with van der Waals surface area (Å²) in [6.07, 6.45) is -0.564. The minimum absolute atomic E-state index is 0.200. The smallest absolute Gasteiger partial charge is 0.485 e. The molecular formula is C28H27F3N2O7S2. The highest BCUT2D eigenvalue weighted by Gasteiger charge is 2.47.